The Bertz CT molecular complexity index is 388. The number of rotatable bonds is 15. The van der Waals surface area contributed by atoms with Crippen LogP contribution in [-0.2, 0) is 18.1 Å². The lowest BCUT2D eigenvalue weighted by molar-refractivity contribution is 0.112. The Morgan fingerprint density at radius 3 is 2.09 bits per heavy atom. The first-order valence-corrected chi connectivity index (χ1v) is 9.09. The lowest BCUT2D eigenvalue weighted by Gasteiger charge is -2.17. The lowest BCUT2D eigenvalue weighted by atomic mass is 10.2. The van der Waals surface area contributed by atoms with Gasteiger partial charge >= 0.3 is 7.82 Å². The number of terminal acetylenes is 1. The molecular formula is C15H26NO5P. The molecule has 0 bridgehead atoms. The number of hydrogen-bond acceptors (Lipinski definition) is 6. The molecule has 0 aliphatic rings. The van der Waals surface area contributed by atoms with Crippen molar-refractivity contribution in [3.63, 3.8) is 0 Å². The maximum absolute atomic E-state index is 12.4. The van der Waals surface area contributed by atoms with Crippen molar-refractivity contribution in [2.45, 2.75) is 51.4 Å². The molecule has 0 fully saturated rings. The number of hydrogen-bond donors (Lipinski definition) is 1. The van der Waals surface area contributed by atoms with Crippen LogP contribution in [0.25, 0.3) is 0 Å². The number of nitrogens with zero attached hydrogens (tertiary/aromatic N) is 1. The van der Waals surface area contributed by atoms with Crippen LogP contribution in [0.1, 0.15) is 51.4 Å². The van der Waals surface area contributed by atoms with Crippen molar-refractivity contribution in [2.75, 3.05) is 26.4 Å². The quantitative estimate of drug-likeness (QED) is 0.281. The summed E-state index contributed by atoms with van der Waals surface area (Å²) < 4.78 is 28.0. The first kappa shape index (κ1) is 21.1. The van der Waals surface area contributed by atoms with Crippen molar-refractivity contribution in [3.05, 3.63) is 0 Å². The van der Waals surface area contributed by atoms with Gasteiger partial charge in [-0.3, -0.25) is 13.6 Å². The van der Waals surface area contributed by atoms with Crippen LogP contribution >= 0.6 is 7.82 Å². The average molecular weight is 331 g/mol. The van der Waals surface area contributed by atoms with E-state index in [1.165, 1.54) is 0 Å². The molecule has 0 heterocycles. The number of unbranched alkanes of at least 4 members (excludes halogenated alkanes) is 5. The minimum Gasteiger partial charge on any atom is -0.396 e. The highest BCUT2D eigenvalue weighted by Crippen LogP contribution is 2.49. The molecule has 0 amide bonds. The van der Waals surface area contributed by atoms with Crippen LogP contribution < -0.4 is 0 Å². The Kier molecular flexibility index (Phi) is 14.4. The van der Waals surface area contributed by atoms with Crippen molar-refractivity contribution in [2.24, 2.45) is 0 Å². The first-order valence-electron chi connectivity index (χ1n) is 7.63. The molecule has 6 nitrogen and oxygen atoms in total. The fourth-order valence-electron chi connectivity index (χ4n) is 1.56. The zero-order valence-corrected chi connectivity index (χ0v) is 13.9. The third kappa shape index (κ3) is 12.8. The van der Waals surface area contributed by atoms with Gasteiger partial charge in [-0.1, -0.05) is 12.8 Å². The van der Waals surface area contributed by atoms with Gasteiger partial charge < -0.3 is 5.11 Å². The van der Waals surface area contributed by atoms with E-state index in [2.05, 4.69) is 5.92 Å². The van der Waals surface area contributed by atoms with Crippen molar-refractivity contribution >= 4 is 7.82 Å². The van der Waals surface area contributed by atoms with E-state index in [9.17, 15) is 4.57 Å². The molecule has 0 aromatic heterocycles. The Hall–Kier alpha value is -0.880. The number of aliphatic hydroxyl groups is 1. The largest absolute Gasteiger partial charge is 0.474 e. The minimum absolute atomic E-state index is 0.0165. The van der Waals surface area contributed by atoms with E-state index < -0.39 is 7.82 Å². The van der Waals surface area contributed by atoms with Gasteiger partial charge in [0, 0.05) is 13.0 Å². The predicted molar refractivity (Wildman–Crippen MR) is 83.9 cm³/mol. The molecule has 1 unspecified atom stereocenters. The molecule has 1 atom stereocenters. The summed E-state index contributed by atoms with van der Waals surface area (Å²) in [6.45, 7) is 0.704. The van der Waals surface area contributed by atoms with E-state index in [0.717, 1.165) is 25.7 Å². The third-order valence-corrected chi connectivity index (χ3v) is 4.23. The minimum atomic E-state index is -3.61. The summed E-state index contributed by atoms with van der Waals surface area (Å²) in [4.78, 5) is 0. The normalized spacial score (nSPS) is 13.2. The number of phosphoric ester groups is 1. The fraction of sp³-hybridized carbons (Fsp3) is 0.800. The SMILES string of the molecule is C#CCCCCOP(=O)(OCCC#N)OCCCCCCO. The molecule has 0 spiro atoms. The Morgan fingerprint density at radius 1 is 0.909 bits per heavy atom. The number of aliphatic hydroxyl groups excluding tert-OH is 1. The highest BCUT2D eigenvalue weighted by molar-refractivity contribution is 7.48. The molecule has 0 aliphatic carbocycles. The van der Waals surface area contributed by atoms with Gasteiger partial charge in [-0.2, -0.15) is 5.26 Å². The molecule has 0 aromatic carbocycles. The maximum atomic E-state index is 12.4. The van der Waals surface area contributed by atoms with Crippen LogP contribution in [-0.4, -0.2) is 31.5 Å². The van der Waals surface area contributed by atoms with Gasteiger partial charge in [-0.05, 0) is 25.7 Å². The molecule has 0 aromatic rings. The molecule has 0 rings (SSSR count). The molecule has 22 heavy (non-hydrogen) atoms. The van der Waals surface area contributed by atoms with Crippen LogP contribution in [0, 0.1) is 23.7 Å². The summed E-state index contributed by atoms with van der Waals surface area (Å²) in [6, 6.07) is 1.91. The Balaban J connectivity index is 4.03. The second-order valence-electron chi connectivity index (χ2n) is 4.65. The van der Waals surface area contributed by atoms with E-state index in [0.29, 0.717) is 19.3 Å². The standard InChI is InChI=1S/C15H26NO5P/c1-2-3-4-8-13-19-22(18,21-15-10-11-16)20-14-9-6-5-7-12-17/h1,17H,3-10,12-15H2. The van der Waals surface area contributed by atoms with Gasteiger partial charge in [0.2, 0.25) is 0 Å². The zero-order valence-electron chi connectivity index (χ0n) is 13.0. The molecule has 0 radical (unpaired) electrons. The van der Waals surface area contributed by atoms with E-state index in [4.69, 9.17) is 30.4 Å². The first-order chi connectivity index (χ1) is 10.7. The van der Waals surface area contributed by atoms with Crippen LogP contribution in [0.3, 0.4) is 0 Å². The van der Waals surface area contributed by atoms with Crippen molar-refractivity contribution in [1.82, 2.24) is 0 Å². The Morgan fingerprint density at radius 2 is 1.50 bits per heavy atom. The predicted octanol–water partition coefficient (Wildman–Crippen LogP) is 3.41. The van der Waals surface area contributed by atoms with E-state index in [1.807, 2.05) is 6.07 Å². The molecule has 0 aliphatic heterocycles. The lowest BCUT2D eigenvalue weighted by Crippen LogP contribution is -2.04. The summed E-state index contributed by atoms with van der Waals surface area (Å²) in [5.74, 6) is 2.52. The number of nitriles is 1. The van der Waals surface area contributed by atoms with Crippen molar-refractivity contribution in [3.8, 4) is 18.4 Å². The second kappa shape index (κ2) is 15.0. The molecule has 1 N–H and O–H groups in total. The van der Waals surface area contributed by atoms with Gasteiger partial charge in [0.1, 0.15) is 0 Å². The van der Waals surface area contributed by atoms with Gasteiger partial charge in [-0.15, -0.1) is 12.3 Å². The third-order valence-electron chi connectivity index (χ3n) is 2.73. The average Bonchev–Trinajstić information content (AvgIpc) is 2.51. The monoisotopic (exact) mass is 331 g/mol. The van der Waals surface area contributed by atoms with E-state index in [1.54, 1.807) is 0 Å². The summed E-state index contributed by atoms with van der Waals surface area (Å²) in [5.41, 5.74) is 0. The van der Waals surface area contributed by atoms with Gasteiger partial charge in [0.05, 0.1) is 32.3 Å². The van der Waals surface area contributed by atoms with Crippen molar-refractivity contribution < 1.29 is 23.2 Å². The summed E-state index contributed by atoms with van der Waals surface area (Å²) >= 11 is 0. The molecule has 7 heteroatoms. The van der Waals surface area contributed by atoms with Crippen molar-refractivity contribution in [1.29, 1.82) is 5.26 Å². The Labute approximate surface area is 133 Å². The highest BCUT2D eigenvalue weighted by Gasteiger charge is 2.26. The van der Waals surface area contributed by atoms with Crippen LogP contribution in [0.5, 0.6) is 0 Å². The summed E-state index contributed by atoms with van der Waals surface area (Å²) in [6.07, 6.45) is 10.6. The summed E-state index contributed by atoms with van der Waals surface area (Å²) in [5, 5.41) is 17.2. The van der Waals surface area contributed by atoms with Gasteiger partial charge in [0.25, 0.3) is 0 Å². The van der Waals surface area contributed by atoms with Crippen LogP contribution in [0.2, 0.25) is 0 Å². The van der Waals surface area contributed by atoms with Gasteiger partial charge in [0.15, 0.2) is 0 Å². The highest BCUT2D eigenvalue weighted by atomic mass is 31.2. The van der Waals surface area contributed by atoms with E-state index >= 15 is 0 Å². The molecular weight excluding hydrogens is 305 g/mol. The summed E-state index contributed by atoms with van der Waals surface area (Å²) in [7, 11) is -3.61. The second-order valence-corrected chi connectivity index (χ2v) is 6.32. The molecule has 126 valence electrons. The topological polar surface area (TPSA) is 88.8 Å². The van der Waals surface area contributed by atoms with Crippen LogP contribution in [0.15, 0.2) is 0 Å². The maximum Gasteiger partial charge on any atom is 0.474 e. The smallest absolute Gasteiger partial charge is 0.396 e. The van der Waals surface area contributed by atoms with E-state index in [-0.39, 0.29) is 32.8 Å². The van der Waals surface area contributed by atoms with Gasteiger partial charge in [-0.25, -0.2) is 4.57 Å². The fourth-order valence-corrected chi connectivity index (χ4v) is 2.81. The zero-order chi connectivity index (χ0) is 16.5. The molecule has 0 saturated carbocycles. The number of phosphoric acid groups is 1. The molecule has 0 saturated heterocycles. The van der Waals surface area contributed by atoms with Crippen LogP contribution in [0.4, 0.5) is 0 Å².